The molecule has 0 aromatic heterocycles. The molecule has 1 aromatic carbocycles. The molecule has 1 atom stereocenters. The fourth-order valence-electron chi connectivity index (χ4n) is 1.59. The molecule has 0 saturated carbocycles. The number of ether oxygens (including phenoxy) is 2. The van der Waals surface area contributed by atoms with E-state index in [9.17, 15) is 4.79 Å². The highest BCUT2D eigenvalue weighted by Gasteiger charge is 2.25. The Balaban J connectivity index is 2.02. The molecule has 0 radical (unpaired) electrons. The first-order valence-corrected chi connectivity index (χ1v) is 5.72. The Labute approximate surface area is 106 Å². The summed E-state index contributed by atoms with van der Waals surface area (Å²) in [7, 11) is 1.35. The van der Waals surface area contributed by atoms with E-state index in [1.165, 1.54) is 12.7 Å². The van der Waals surface area contributed by atoms with Crippen molar-refractivity contribution < 1.29 is 14.3 Å². The van der Waals surface area contributed by atoms with Crippen LogP contribution in [0.4, 0.5) is 0 Å². The molecule has 1 aliphatic rings. The smallest absolute Gasteiger partial charge is 0.334 e. The van der Waals surface area contributed by atoms with Gasteiger partial charge in [-0.1, -0.05) is 29.8 Å². The fraction of sp³-hybridized carbons (Fsp3) is 0.286. The summed E-state index contributed by atoms with van der Waals surface area (Å²) in [5.41, 5.74) is 2.28. The lowest BCUT2D eigenvalue weighted by Crippen LogP contribution is -2.21. The van der Waals surface area contributed by atoms with Crippen LogP contribution in [0, 0.1) is 6.92 Å². The molecule has 0 saturated heterocycles. The van der Waals surface area contributed by atoms with Crippen LogP contribution in [-0.2, 0) is 14.3 Å². The second-order valence-electron chi connectivity index (χ2n) is 4.06. The number of hydrogen-bond donors (Lipinski definition) is 0. The molecule has 4 heteroatoms. The topological polar surface area (TPSA) is 47.9 Å². The lowest BCUT2D eigenvalue weighted by molar-refractivity contribution is -0.142. The standard InChI is InChI=1S/C14H15NO3/c1-10-3-5-11(6-4-10)7-8-13-15-12(9-18-13)14(16)17-2/h3-8,12H,9H2,1-2H3/b8-7+/t12-/m0/s1. The summed E-state index contributed by atoms with van der Waals surface area (Å²) in [5.74, 6) is 0.0970. The van der Waals surface area contributed by atoms with E-state index < -0.39 is 6.04 Å². The minimum absolute atomic E-state index is 0.250. The van der Waals surface area contributed by atoms with Crippen LogP contribution in [0.1, 0.15) is 11.1 Å². The highest BCUT2D eigenvalue weighted by Crippen LogP contribution is 2.10. The van der Waals surface area contributed by atoms with Crippen LogP contribution >= 0.6 is 0 Å². The number of aryl methyl sites for hydroxylation is 1. The largest absolute Gasteiger partial charge is 0.475 e. The van der Waals surface area contributed by atoms with E-state index in [0.717, 1.165) is 5.56 Å². The Bertz CT molecular complexity index is 488. The molecule has 0 unspecified atom stereocenters. The second kappa shape index (κ2) is 5.49. The first kappa shape index (κ1) is 12.4. The van der Waals surface area contributed by atoms with Crippen LogP contribution in [0.2, 0.25) is 0 Å². The monoisotopic (exact) mass is 245 g/mol. The fourth-order valence-corrected chi connectivity index (χ4v) is 1.59. The molecule has 0 amide bonds. The third-order valence-electron chi connectivity index (χ3n) is 2.64. The van der Waals surface area contributed by atoms with E-state index in [0.29, 0.717) is 5.90 Å². The quantitative estimate of drug-likeness (QED) is 0.765. The molecule has 0 fully saturated rings. The van der Waals surface area contributed by atoms with Crippen molar-refractivity contribution in [2.75, 3.05) is 13.7 Å². The van der Waals surface area contributed by atoms with Crippen molar-refractivity contribution in [1.82, 2.24) is 0 Å². The summed E-state index contributed by atoms with van der Waals surface area (Å²) < 4.78 is 9.90. The Hall–Kier alpha value is -2.10. The van der Waals surface area contributed by atoms with Gasteiger partial charge in [-0.15, -0.1) is 0 Å². The van der Waals surface area contributed by atoms with Gasteiger partial charge in [0.1, 0.15) is 6.61 Å². The van der Waals surface area contributed by atoms with Gasteiger partial charge in [-0.05, 0) is 18.6 Å². The number of methoxy groups -OCH3 is 1. The molecule has 18 heavy (non-hydrogen) atoms. The van der Waals surface area contributed by atoms with E-state index in [4.69, 9.17) is 4.74 Å². The predicted molar refractivity (Wildman–Crippen MR) is 69.4 cm³/mol. The summed E-state index contributed by atoms with van der Waals surface area (Å²) in [6.45, 7) is 2.29. The number of hydrogen-bond acceptors (Lipinski definition) is 4. The zero-order valence-corrected chi connectivity index (χ0v) is 10.4. The van der Waals surface area contributed by atoms with Crippen LogP contribution in [0.15, 0.2) is 35.3 Å². The van der Waals surface area contributed by atoms with Gasteiger partial charge in [0.15, 0.2) is 6.04 Å². The van der Waals surface area contributed by atoms with E-state index in [2.05, 4.69) is 9.73 Å². The van der Waals surface area contributed by atoms with Gasteiger partial charge in [-0.25, -0.2) is 9.79 Å². The third-order valence-corrected chi connectivity index (χ3v) is 2.64. The van der Waals surface area contributed by atoms with Gasteiger partial charge in [-0.3, -0.25) is 0 Å². The zero-order valence-electron chi connectivity index (χ0n) is 10.4. The molecule has 94 valence electrons. The van der Waals surface area contributed by atoms with Gasteiger partial charge >= 0.3 is 5.97 Å². The minimum Gasteiger partial charge on any atom is -0.475 e. The van der Waals surface area contributed by atoms with Crippen molar-refractivity contribution >= 4 is 17.9 Å². The Morgan fingerprint density at radius 2 is 2.11 bits per heavy atom. The molecule has 1 heterocycles. The van der Waals surface area contributed by atoms with Crippen LogP contribution in [0.25, 0.3) is 6.08 Å². The van der Waals surface area contributed by atoms with Crippen molar-refractivity contribution in [2.24, 2.45) is 4.99 Å². The van der Waals surface area contributed by atoms with Crippen molar-refractivity contribution in [3.8, 4) is 0 Å². The van der Waals surface area contributed by atoms with E-state index in [-0.39, 0.29) is 12.6 Å². The molecule has 1 aliphatic heterocycles. The van der Waals surface area contributed by atoms with Crippen molar-refractivity contribution in [1.29, 1.82) is 0 Å². The van der Waals surface area contributed by atoms with E-state index >= 15 is 0 Å². The first-order chi connectivity index (χ1) is 8.69. The number of rotatable bonds is 3. The van der Waals surface area contributed by atoms with Gasteiger partial charge in [0.25, 0.3) is 0 Å². The maximum atomic E-state index is 11.2. The number of aliphatic imine (C=N–C) groups is 1. The summed E-state index contributed by atoms with van der Waals surface area (Å²) in [5, 5.41) is 0. The van der Waals surface area contributed by atoms with Crippen molar-refractivity contribution in [2.45, 2.75) is 13.0 Å². The van der Waals surface area contributed by atoms with Gasteiger partial charge in [0.05, 0.1) is 7.11 Å². The van der Waals surface area contributed by atoms with Crippen molar-refractivity contribution in [3.05, 3.63) is 41.5 Å². The van der Waals surface area contributed by atoms with E-state index in [1.807, 2.05) is 37.3 Å². The Kier molecular flexibility index (Phi) is 3.77. The van der Waals surface area contributed by atoms with Gasteiger partial charge < -0.3 is 9.47 Å². The average molecular weight is 245 g/mol. The number of nitrogens with zero attached hydrogens (tertiary/aromatic N) is 1. The Morgan fingerprint density at radius 1 is 1.39 bits per heavy atom. The molecule has 1 aromatic rings. The van der Waals surface area contributed by atoms with Crippen LogP contribution in [0.3, 0.4) is 0 Å². The summed E-state index contributed by atoms with van der Waals surface area (Å²) in [6, 6.07) is 7.56. The first-order valence-electron chi connectivity index (χ1n) is 5.72. The number of carbonyl (C=O) groups is 1. The second-order valence-corrected chi connectivity index (χ2v) is 4.06. The van der Waals surface area contributed by atoms with Crippen molar-refractivity contribution in [3.63, 3.8) is 0 Å². The maximum Gasteiger partial charge on any atom is 0.334 e. The number of esters is 1. The van der Waals surface area contributed by atoms with Crippen LogP contribution in [-0.4, -0.2) is 31.6 Å². The van der Waals surface area contributed by atoms with Gasteiger partial charge in [-0.2, -0.15) is 0 Å². The predicted octanol–water partition coefficient (Wildman–Crippen LogP) is 1.98. The van der Waals surface area contributed by atoms with E-state index in [1.54, 1.807) is 6.08 Å². The number of carbonyl (C=O) groups excluding carboxylic acids is 1. The van der Waals surface area contributed by atoms with Gasteiger partial charge in [0, 0.05) is 6.08 Å². The van der Waals surface area contributed by atoms with Gasteiger partial charge in [0.2, 0.25) is 5.90 Å². The highest BCUT2D eigenvalue weighted by molar-refractivity contribution is 5.95. The van der Waals surface area contributed by atoms with Crippen LogP contribution in [0.5, 0.6) is 0 Å². The molecule has 2 rings (SSSR count). The summed E-state index contributed by atoms with van der Waals surface area (Å²) in [4.78, 5) is 15.4. The lowest BCUT2D eigenvalue weighted by atomic mass is 10.1. The summed E-state index contributed by atoms with van der Waals surface area (Å²) >= 11 is 0. The maximum absolute atomic E-state index is 11.2. The average Bonchev–Trinajstić information content (AvgIpc) is 2.86. The molecule has 4 nitrogen and oxygen atoms in total. The molecule has 0 N–H and O–H groups in total. The van der Waals surface area contributed by atoms with Crippen LogP contribution < -0.4 is 0 Å². The minimum atomic E-state index is -0.535. The summed E-state index contributed by atoms with van der Waals surface area (Å²) in [6.07, 6.45) is 3.66. The third kappa shape index (κ3) is 2.97. The lowest BCUT2D eigenvalue weighted by Gasteiger charge is -1.99. The normalized spacial score (nSPS) is 18.6. The molecule has 0 spiro atoms. The molecular formula is C14H15NO3. The SMILES string of the molecule is COC(=O)[C@@H]1COC(/C=C/c2ccc(C)cc2)=N1. The molecule has 0 aliphatic carbocycles. The number of benzene rings is 1. The highest BCUT2D eigenvalue weighted by atomic mass is 16.5. The molecular weight excluding hydrogens is 230 g/mol. The Morgan fingerprint density at radius 3 is 2.78 bits per heavy atom. The molecule has 0 bridgehead atoms. The zero-order chi connectivity index (χ0) is 13.0.